The fourth-order valence-corrected chi connectivity index (χ4v) is 1.34. The van der Waals surface area contributed by atoms with Crippen molar-refractivity contribution in [2.75, 3.05) is 5.32 Å². The van der Waals surface area contributed by atoms with Crippen LogP contribution in [0.5, 0.6) is 0 Å². The van der Waals surface area contributed by atoms with E-state index in [2.05, 4.69) is 20.5 Å². The summed E-state index contributed by atoms with van der Waals surface area (Å²) in [4.78, 5) is 4.33. The summed E-state index contributed by atoms with van der Waals surface area (Å²) < 4.78 is 1.97. The Labute approximate surface area is 82.2 Å². The highest BCUT2D eigenvalue weighted by atomic mass is 15.2. The van der Waals surface area contributed by atoms with Crippen molar-refractivity contribution in [3.8, 4) is 0 Å². The largest absolute Gasteiger partial charge is 0.351 e. The van der Waals surface area contributed by atoms with Crippen molar-refractivity contribution >= 4 is 5.95 Å². The minimum absolute atomic E-state index is 0.737. The second kappa shape index (κ2) is 3.53. The minimum atomic E-state index is 0.737. The number of aromatic nitrogens is 4. The molecule has 0 fully saturated rings. The van der Waals surface area contributed by atoms with Crippen LogP contribution in [0, 0.1) is 6.92 Å². The van der Waals surface area contributed by atoms with Gasteiger partial charge in [0.1, 0.15) is 0 Å². The number of imidazole rings is 1. The first-order valence-electron chi connectivity index (χ1n) is 4.47. The molecular weight excluding hydrogens is 178 g/mol. The molecule has 0 unspecified atom stereocenters. The van der Waals surface area contributed by atoms with Gasteiger partial charge in [0.2, 0.25) is 5.95 Å². The molecule has 2 aromatic heterocycles. The molecule has 5 nitrogen and oxygen atoms in total. The molecule has 0 aliphatic carbocycles. The molecule has 0 saturated carbocycles. The zero-order chi connectivity index (χ0) is 9.97. The van der Waals surface area contributed by atoms with Crippen molar-refractivity contribution in [2.24, 2.45) is 7.05 Å². The average molecular weight is 191 g/mol. The van der Waals surface area contributed by atoms with Crippen molar-refractivity contribution < 1.29 is 0 Å². The van der Waals surface area contributed by atoms with Crippen LogP contribution in [-0.4, -0.2) is 19.7 Å². The molecule has 2 aromatic rings. The van der Waals surface area contributed by atoms with Crippen LogP contribution in [-0.2, 0) is 13.6 Å². The molecule has 2 heterocycles. The lowest BCUT2D eigenvalue weighted by Crippen LogP contribution is -2.03. The Morgan fingerprint density at radius 3 is 3.00 bits per heavy atom. The van der Waals surface area contributed by atoms with Crippen LogP contribution in [0.15, 0.2) is 18.6 Å². The van der Waals surface area contributed by atoms with E-state index in [9.17, 15) is 0 Å². The molecular formula is C9H13N5. The van der Waals surface area contributed by atoms with Gasteiger partial charge in [-0.3, -0.25) is 5.10 Å². The summed E-state index contributed by atoms with van der Waals surface area (Å²) in [5, 5.41) is 9.87. The van der Waals surface area contributed by atoms with Gasteiger partial charge in [0.15, 0.2) is 0 Å². The lowest BCUT2D eigenvalue weighted by Gasteiger charge is -2.02. The van der Waals surface area contributed by atoms with Gasteiger partial charge in [-0.15, -0.1) is 0 Å². The summed E-state index contributed by atoms with van der Waals surface area (Å²) in [6.07, 6.45) is 5.64. The summed E-state index contributed by atoms with van der Waals surface area (Å²) in [6.45, 7) is 2.71. The number of rotatable bonds is 3. The van der Waals surface area contributed by atoms with Crippen molar-refractivity contribution in [2.45, 2.75) is 13.5 Å². The predicted octanol–water partition coefficient (Wildman–Crippen LogP) is 1.06. The molecule has 0 atom stereocenters. The summed E-state index contributed by atoms with van der Waals surface area (Å²) >= 11 is 0. The average Bonchev–Trinajstić information content (AvgIpc) is 2.72. The van der Waals surface area contributed by atoms with Crippen LogP contribution in [0.2, 0.25) is 0 Å². The van der Waals surface area contributed by atoms with Gasteiger partial charge < -0.3 is 9.88 Å². The number of nitrogens with one attached hydrogen (secondary N) is 2. The molecule has 0 aliphatic heterocycles. The third kappa shape index (κ3) is 1.76. The highest BCUT2D eigenvalue weighted by molar-refractivity contribution is 5.29. The summed E-state index contributed by atoms with van der Waals surface area (Å²) in [6, 6.07) is 0. The van der Waals surface area contributed by atoms with Crippen molar-refractivity contribution in [1.29, 1.82) is 0 Å². The smallest absolute Gasteiger partial charge is 0.203 e. The third-order valence-electron chi connectivity index (χ3n) is 2.00. The van der Waals surface area contributed by atoms with Crippen LogP contribution in [0.25, 0.3) is 0 Å². The van der Waals surface area contributed by atoms with E-state index in [1.54, 1.807) is 6.20 Å². The quantitative estimate of drug-likeness (QED) is 0.762. The highest BCUT2D eigenvalue weighted by Crippen LogP contribution is 2.07. The van der Waals surface area contributed by atoms with Crippen molar-refractivity contribution in [3.05, 3.63) is 29.8 Å². The fourth-order valence-electron chi connectivity index (χ4n) is 1.34. The predicted molar refractivity (Wildman–Crippen MR) is 53.9 cm³/mol. The number of H-pyrrole nitrogens is 1. The van der Waals surface area contributed by atoms with E-state index in [-0.39, 0.29) is 0 Å². The second-order valence-corrected chi connectivity index (χ2v) is 3.28. The van der Waals surface area contributed by atoms with Gasteiger partial charge in [0.05, 0.1) is 11.9 Å². The lowest BCUT2D eigenvalue weighted by atomic mass is 10.4. The Balaban J connectivity index is 2.01. The number of aryl methyl sites for hydroxylation is 2. The number of hydrogen-bond acceptors (Lipinski definition) is 3. The lowest BCUT2D eigenvalue weighted by molar-refractivity contribution is 0.900. The molecule has 2 N–H and O–H groups in total. The number of nitrogens with zero attached hydrogens (tertiary/aromatic N) is 3. The zero-order valence-electron chi connectivity index (χ0n) is 8.28. The Kier molecular flexibility index (Phi) is 2.22. The first kappa shape index (κ1) is 8.80. The Morgan fingerprint density at radius 1 is 1.57 bits per heavy atom. The van der Waals surface area contributed by atoms with E-state index in [0.29, 0.717) is 0 Å². The van der Waals surface area contributed by atoms with Crippen LogP contribution in [0.3, 0.4) is 0 Å². The van der Waals surface area contributed by atoms with Crippen molar-refractivity contribution in [3.63, 3.8) is 0 Å². The Morgan fingerprint density at radius 2 is 2.43 bits per heavy atom. The first-order chi connectivity index (χ1) is 6.75. The molecule has 0 aromatic carbocycles. The Bertz CT molecular complexity index is 401. The summed E-state index contributed by atoms with van der Waals surface area (Å²) in [5.41, 5.74) is 2.13. The molecule has 0 aliphatic rings. The third-order valence-corrected chi connectivity index (χ3v) is 2.00. The van der Waals surface area contributed by atoms with Gasteiger partial charge in [-0.05, 0) is 6.92 Å². The van der Waals surface area contributed by atoms with Crippen LogP contribution in [0.1, 0.15) is 11.3 Å². The van der Waals surface area contributed by atoms with Gasteiger partial charge in [-0.25, -0.2) is 4.98 Å². The van der Waals surface area contributed by atoms with E-state index in [1.807, 2.05) is 30.9 Å². The monoisotopic (exact) mass is 191 g/mol. The Hall–Kier alpha value is -1.78. The van der Waals surface area contributed by atoms with Crippen LogP contribution >= 0.6 is 0 Å². The summed E-state index contributed by atoms with van der Waals surface area (Å²) in [7, 11) is 1.97. The maximum Gasteiger partial charge on any atom is 0.203 e. The second-order valence-electron chi connectivity index (χ2n) is 3.28. The van der Waals surface area contributed by atoms with E-state index in [0.717, 1.165) is 23.8 Å². The standard InChI is InChI=1S/C9H13N5/c1-7-6-14(2)9(13-7)10-3-8-4-11-12-5-8/h4-6H,3H2,1-2H3,(H,10,13)(H,11,12). The topological polar surface area (TPSA) is 58.5 Å². The van der Waals surface area contributed by atoms with Crippen LogP contribution < -0.4 is 5.32 Å². The van der Waals surface area contributed by atoms with E-state index < -0.39 is 0 Å². The van der Waals surface area contributed by atoms with Gasteiger partial charge in [-0.2, -0.15) is 5.10 Å². The molecule has 5 heteroatoms. The molecule has 0 bridgehead atoms. The maximum atomic E-state index is 4.33. The van der Waals surface area contributed by atoms with Gasteiger partial charge >= 0.3 is 0 Å². The number of hydrogen-bond donors (Lipinski definition) is 2. The van der Waals surface area contributed by atoms with Gasteiger partial charge in [-0.1, -0.05) is 0 Å². The van der Waals surface area contributed by atoms with E-state index in [4.69, 9.17) is 0 Å². The number of anilines is 1. The van der Waals surface area contributed by atoms with E-state index in [1.165, 1.54) is 0 Å². The normalized spacial score (nSPS) is 10.4. The zero-order valence-corrected chi connectivity index (χ0v) is 8.28. The summed E-state index contributed by atoms with van der Waals surface area (Å²) in [5.74, 6) is 0.878. The first-order valence-corrected chi connectivity index (χ1v) is 4.47. The van der Waals surface area contributed by atoms with Gasteiger partial charge in [0, 0.05) is 31.5 Å². The highest BCUT2D eigenvalue weighted by Gasteiger charge is 2.01. The molecule has 74 valence electrons. The van der Waals surface area contributed by atoms with E-state index >= 15 is 0 Å². The molecule has 0 spiro atoms. The molecule has 0 saturated heterocycles. The number of aromatic amines is 1. The fraction of sp³-hybridized carbons (Fsp3) is 0.333. The van der Waals surface area contributed by atoms with Crippen LogP contribution in [0.4, 0.5) is 5.95 Å². The minimum Gasteiger partial charge on any atom is -0.351 e. The molecule has 14 heavy (non-hydrogen) atoms. The molecule has 0 radical (unpaired) electrons. The van der Waals surface area contributed by atoms with Crippen molar-refractivity contribution in [1.82, 2.24) is 19.7 Å². The SMILES string of the molecule is Cc1cn(C)c(NCc2cn[nH]c2)n1. The molecule has 0 amide bonds. The van der Waals surface area contributed by atoms with Gasteiger partial charge in [0.25, 0.3) is 0 Å². The molecule has 2 rings (SSSR count). The maximum absolute atomic E-state index is 4.33.